The molecule has 1 aromatic rings. The van der Waals surface area contributed by atoms with Crippen molar-refractivity contribution in [3.05, 3.63) is 29.8 Å². The molecule has 0 aromatic heterocycles. The van der Waals surface area contributed by atoms with Gasteiger partial charge in [0.15, 0.2) is 0 Å². The number of benzene rings is 1. The molecule has 0 unspecified atom stereocenters. The van der Waals surface area contributed by atoms with Gasteiger partial charge in [-0.15, -0.1) is 0 Å². The fraction of sp³-hybridized carbons (Fsp3) is 0.625. The van der Waals surface area contributed by atoms with E-state index in [1.54, 1.807) is 0 Å². The van der Waals surface area contributed by atoms with Crippen LogP contribution < -0.4 is 10.1 Å². The van der Waals surface area contributed by atoms with Gasteiger partial charge in [-0.3, -0.25) is 0 Å². The van der Waals surface area contributed by atoms with Crippen LogP contribution in [0, 0.1) is 0 Å². The fourth-order valence-electron chi connectivity index (χ4n) is 1.80. The Hall–Kier alpha value is -1.02. The molecule has 18 heavy (non-hydrogen) atoms. The lowest BCUT2D eigenvalue weighted by Crippen LogP contribution is -2.15. The molecule has 0 heterocycles. The van der Waals surface area contributed by atoms with Crippen LogP contribution in [0.1, 0.15) is 45.6 Å². The minimum Gasteiger partial charge on any atom is -0.494 e. The number of rotatable bonds is 8. The molecule has 102 valence electrons. The van der Waals surface area contributed by atoms with E-state index in [4.69, 9.17) is 4.74 Å². The van der Waals surface area contributed by atoms with E-state index in [9.17, 15) is 0 Å². The molecular formula is C16H27NO. The Kier molecular flexibility index (Phi) is 6.20. The molecule has 0 saturated heterocycles. The summed E-state index contributed by atoms with van der Waals surface area (Å²) < 4.78 is 5.73. The van der Waals surface area contributed by atoms with Crippen LogP contribution in [0.5, 0.6) is 5.75 Å². The van der Waals surface area contributed by atoms with Gasteiger partial charge in [0.2, 0.25) is 0 Å². The van der Waals surface area contributed by atoms with E-state index >= 15 is 0 Å². The Bertz CT molecular complexity index is 329. The standard InChI is InChI=1S/C16H27NO/c1-5-16(2,3)14-8-10-15(11-9-14)18-13-7-6-12-17-4/h8-11,17H,5-7,12-13H2,1-4H3. The van der Waals surface area contributed by atoms with Gasteiger partial charge in [0.1, 0.15) is 5.75 Å². The van der Waals surface area contributed by atoms with Gasteiger partial charge in [-0.1, -0.05) is 32.9 Å². The van der Waals surface area contributed by atoms with Crippen LogP contribution in [0.15, 0.2) is 24.3 Å². The first-order valence-corrected chi connectivity index (χ1v) is 6.98. The molecule has 0 saturated carbocycles. The third kappa shape index (κ3) is 4.69. The van der Waals surface area contributed by atoms with E-state index in [-0.39, 0.29) is 5.41 Å². The second-order valence-corrected chi connectivity index (χ2v) is 5.42. The fourth-order valence-corrected chi connectivity index (χ4v) is 1.80. The van der Waals surface area contributed by atoms with Crippen molar-refractivity contribution in [3.63, 3.8) is 0 Å². The van der Waals surface area contributed by atoms with Crippen molar-refractivity contribution >= 4 is 0 Å². The first kappa shape index (κ1) is 15.0. The molecule has 0 amide bonds. The molecule has 1 rings (SSSR count). The zero-order valence-corrected chi connectivity index (χ0v) is 12.3. The Labute approximate surface area is 112 Å². The van der Waals surface area contributed by atoms with Crippen LogP contribution >= 0.6 is 0 Å². The van der Waals surface area contributed by atoms with E-state index in [0.29, 0.717) is 0 Å². The maximum absolute atomic E-state index is 5.73. The molecule has 0 aliphatic carbocycles. The van der Waals surface area contributed by atoms with Crippen LogP contribution in [0.2, 0.25) is 0 Å². The second kappa shape index (κ2) is 7.42. The molecule has 2 nitrogen and oxygen atoms in total. The molecule has 0 spiro atoms. The minimum absolute atomic E-state index is 0.255. The van der Waals surface area contributed by atoms with Crippen LogP contribution in [-0.2, 0) is 5.41 Å². The molecule has 0 fully saturated rings. The summed E-state index contributed by atoms with van der Waals surface area (Å²) in [5, 5.41) is 3.14. The van der Waals surface area contributed by atoms with Gasteiger partial charge in [0, 0.05) is 0 Å². The topological polar surface area (TPSA) is 21.3 Å². The molecule has 0 aliphatic heterocycles. The van der Waals surface area contributed by atoms with Crippen molar-refractivity contribution in [3.8, 4) is 5.75 Å². The maximum atomic E-state index is 5.73. The summed E-state index contributed by atoms with van der Waals surface area (Å²) in [6, 6.07) is 8.55. The van der Waals surface area contributed by atoms with Gasteiger partial charge in [0.25, 0.3) is 0 Å². The van der Waals surface area contributed by atoms with Crippen LogP contribution in [-0.4, -0.2) is 20.2 Å². The second-order valence-electron chi connectivity index (χ2n) is 5.42. The first-order valence-electron chi connectivity index (χ1n) is 6.98. The lowest BCUT2D eigenvalue weighted by molar-refractivity contribution is 0.306. The van der Waals surface area contributed by atoms with Crippen molar-refractivity contribution in [1.29, 1.82) is 0 Å². The Morgan fingerprint density at radius 2 is 1.78 bits per heavy atom. The third-order valence-electron chi connectivity index (χ3n) is 3.61. The summed E-state index contributed by atoms with van der Waals surface area (Å²) in [5.74, 6) is 0.982. The SMILES string of the molecule is CCC(C)(C)c1ccc(OCCCCNC)cc1. The van der Waals surface area contributed by atoms with E-state index in [0.717, 1.165) is 38.2 Å². The largest absolute Gasteiger partial charge is 0.494 e. The number of hydrogen-bond donors (Lipinski definition) is 1. The average molecular weight is 249 g/mol. The maximum Gasteiger partial charge on any atom is 0.119 e. The van der Waals surface area contributed by atoms with Crippen molar-refractivity contribution in [2.75, 3.05) is 20.2 Å². The molecule has 0 bridgehead atoms. The number of unbranched alkanes of at least 4 members (excludes halogenated alkanes) is 1. The van der Waals surface area contributed by atoms with Crippen molar-refractivity contribution in [1.82, 2.24) is 5.32 Å². The normalized spacial score (nSPS) is 11.6. The number of nitrogens with one attached hydrogen (secondary N) is 1. The third-order valence-corrected chi connectivity index (χ3v) is 3.61. The highest BCUT2D eigenvalue weighted by Crippen LogP contribution is 2.27. The number of hydrogen-bond acceptors (Lipinski definition) is 2. The Balaban J connectivity index is 2.41. The predicted molar refractivity (Wildman–Crippen MR) is 78.4 cm³/mol. The minimum atomic E-state index is 0.255. The molecule has 0 aliphatic rings. The van der Waals surface area contributed by atoms with Crippen LogP contribution in [0.25, 0.3) is 0 Å². The van der Waals surface area contributed by atoms with Gasteiger partial charge in [-0.2, -0.15) is 0 Å². The van der Waals surface area contributed by atoms with Crippen LogP contribution in [0.3, 0.4) is 0 Å². The molecule has 0 atom stereocenters. The zero-order valence-electron chi connectivity index (χ0n) is 12.3. The van der Waals surface area contributed by atoms with E-state index in [1.807, 2.05) is 7.05 Å². The zero-order chi connectivity index (χ0) is 13.4. The highest BCUT2D eigenvalue weighted by Gasteiger charge is 2.17. The van der Waals surface area contributed by atoms with Crippen molar-refractivity contribution in [2.24, 2.45) is 0 Å². The summed E-state index contributed by atoms with van der Waals surface area (Å²) in [5.41, 5.74) is 1.64. The van der Waals surface area contributed by atoms with Crippen molar-refractivity contribution < 1.29 is 4.74 Å². The highest BCUT2D eigenvalue weighted by molar-refractivity contribution is 5.31. The predicted octanol–water partition coefficient (Wildman–Crippen LogP) is 3.75. The molecule has 1 aromatic carbocycles. The Morgan fingerprint density at radius 3 is 2.33 bits per heavy atom. The molecule has 0 radical (unpaired) electrons. The van der Waals surface area contributed by atoms with Gasteiger partial charge >= 0.3 is 0 Å². The average Bonchev–Trinajstić information content (AvgIpc) is 2.39. The van der Waals surface area contributed by atoms with Gasteiger partial charge < -0.3 is 10.1 Å². The van der Waals surface area contributed by atoms with E-state index in [1.165, 1.54) is 5.56 Å². The van der Waals surface area contributed by atoms with Crippen molar-refractivity contribution in [2.45, 2.75) is 45.4 Å². The summed E-state index contributed by atoms with van der Waals surface area (Å²) in [7, 11) is 1.98. The lowest BCUT2D eigenvalue weighted by atomic mass is 9.82. The van der Waals surface area contributed by atoms with Gasteiger partial charge in [-0.25, -0.2) is 0 Å². The summed E-state index contributed by atoms with van der Waals surface area (Å²) in [6.45, 7) is 8.65. The Morgan fingerprint density at radius 1 is 1.11 bits per heavy atom. The van der Waals surface area contributed by atoms with Gasteiger partial charge in [-0.05, 0) is 56.0 Å². The van der Waals surface area contributed by atoms with E-state index in [2.05, 4.69) is 50.4 Å². The molecular weight excluding hydrogens is 222 g/mol. The monoisotopic (exact) mass is 249 g/mol. The number of ether oxygens (including phenoxy) is 1. The first-order chi connectivity index (χ1) is 8.60. The van der Waals surface area contributed by atoms with Crippen LogP contribution in [0.4, 0.5) is 0 Å². The molecule has 1 N–H and O–H groups in total. The smallest absolute Gasteiger partial charge is 0.119 e. The summed E-state index contributed by atoms with van der Waals surface area (Å²) in [4.78, 5) is 0. The summed E-state index contributed by atoms with van der Waals surface area (Å²) in [6.07, 6.45) is 3.41. The summed E-state index contributed by atoms with van der Waals surface area (Å²) >= 11 is 0. The lowest BCUT2D eigenvalue weighted by Gasteiger charge is -2.23. The van der Waals surface area contributed by atoms with Gasteiger partial charge in [0.05, 0.1) is 6.61 Å². The van der Waals surface area contributed by atoms with E-state index < -0.39 is 0 Å². The quantitative estimate of drug-likeness (QED) is 0.708. The highest BCUT2D eigenvalue weighted by atomic mass is 16.5. The molecule has 2 heteroatoms.